The molecular weight excluding hydrogens is 396 g/mol. The van der Waals surface area contributed by atoms with E-state index in [4.69, 9.17) is 18.9 Å². The maximum atomic E-state index is 11.9. The molecule has 7 heteroatoms. The summed E-state index contributed by atoms with van der Waals surface area (Å²) >= 11 is 0. The van der Waals surface area contributed by atoms with Crippen LogP contribution < -0.4 is 19.5 Å². The van der Waals surface area contributed by atoms with E-state index in [-0.39, 0.29) is 0 Å². The Morgan fingerprint density at radius 2 is 1.68 bits per heavy atom. The topological polar surface area (TPSA) is 78.9 Å². The molecule has 0 aliphatic rings. The fourth-order valence-corrected chi connectivity index (χ4v) is 3.12. The van der Waals surface area contributed by atoms with Crippen LogP contribution in [-0.2, 0) is 4.74 Å². The number of aromatic nitrogens is 1. The maximum absolute atomic E-state index is 11.9. The van der Waals surface area contributed by atoms with Crippen molar-refractivity contribution < 1.29 is 23.7 Å². The summed E-state index contributed by atoms with van der Waals surface area (Å²) in [5.74, 6) is 2.46. The van der Waals surface area contributed by atoms with Gasteiger partial charge in [-0.15, -0.1) is 0 Å². The molecular formula is C24H28N2O5. The van der Waals surface area contributed by atoms with Gasteiger partial charge in [0.05, 0.1) is 26.3 Å². The minimum Gasteiger partial charge on any atom is -0.493 e. The normalized spacial score (nSPS) is 10.5. The maximum Gasteiger partial charge on any atom is 0.411 e. The second-order valence-electron chi connectivity index (χ2n) is 6.98. The Kier molecular flexibility index (Phi) is 7.92. The molecule has 31 heavy (non-hydrogen) atoms. The minimum atomic E-state index is -0.452. The van der Waals surface area contributed by atoms with Crippen molar-refractivity contribution in [3.05, 3.63) is 48.7 Å². The number of hydrogen-bond acceptors (Lipinski definition) is 6. The van der Waals surface area contributed by atoms with Crippen molar-refractivity contribution in [3.8, 4) is 23.0 Å². The Bertz CT molecular complexity index is 1000. The molecule has 0 unspecified atom stereocenters. The zero-order valence-electron chi connectivity index (χ0n) is 18.1. The quantitative estimate of drug-likeness (QED) is 0.392. The van der Waals surface area contributed by atoms with E-state index in [2.05, 4.69) is 17.2 Å². The molecule has 164 valence electrons. The molecule has 3 aromatic rings. The van der Waals surface area contributed by atoms with E-state index in [1.807, 2.05) is 12.1 Å². The van der Waals surface area contributed by atoms with E-state index >= 15 is 0 Å². The molecule has 0 radical (unpaired) electrons. The third-order valence-electron chi connectivity index (χ3n) is 4.77. The highest BCUT2D eigenvalue weighted by Gasteiger charge is 2.11. The molecule has 1 aromatic heterocycles. The molecule has 1 heterocycles. The number of nitrogens with one attached hydrogen (secondary N) is 1. The molecule has 0 bridgehead atoms. The van der Waals surface area contributed by atoms with Crippen molar-refractivity contribution in [2.45, 2.75) is 32.6 Å². The first-order valence-corrected chi connectivity index (χ1v) is 10.4. The van der Waals surface area contributed by atoms with Crippen molar-refractivity contribution in [2.75, 3.05) is 26.1 Å². The number of ether oxygens (including phenoxy) is 4. The van der Waals surface area contributed by atoms with E-state index < -0.39 is 6.09 Å². The Hall–Kier alpha value is -3.48. The molecule has 0 saturated heterocycles. The van der Waals surface area contributed by atoms with E-state index in [1.54, 1.807) is 50.7 Å². The van der Waals surface area contributed by atoms with Crippen LogP contribution in [0.15, 0.2) is 48.7 Å². The first-order chi connectivity index (χ1) is 15.1. The average Bonchev–Trinajstić information content (AvgIpc) is 2.79. The largest absolute Gasteiger partial charge is 0.493 e. The van der Waals surface area contributed by atoms with Crippen molar-refractivity contribution in [2.24, 2.45) is 0 Å². The number of carbonyl (C=O) groups is 1. The number of methoxy groups -OCH3 is 2. The first-order valence-electron chi connectivity index (χ1n) is 10.4. The summed E-state index contributed by atoms with van der Waals surface area (Å²) < 4.78 is 22.0. The highest BCUT2D eigenvalue weighted by molar-refractivity contribution is 5.88. The summed E-state index contributed by atoms with van der Waals surface area (Å²) in [4.78, 5) is 16.3. The van der Waals surface area contributed by atoms with Gasteiger partial charge in [0.25, 0.3) is 0 Å². The van der Waals surface area contributed by atoms with Gasteiger partial charge >= 0.3 is 6.09 Å². The number of benzene rings is 2. The Morgan fingerprint density at radius 1 is 0.935 bits per heavy atom. The lowest BCUT2D eigenvalue weighted by atomic mass is 10.2. The number of rotatable bonds is 10. The first kappa shape index (κ1) is 22.2. The second kappa shape index (κ2) is 11.1. The summed E-state index contributed by atoms with van der Waals surface area (Å²) in [5.41, 5.74) is 1.37. The molecule has 0 atom stereocenters. The highest BCUT2D eigenvalue weighted by Crippen LogP contribution is 2.36. The molecule has 0 aliphatic heterocycles. The van der Waals surface area contributed by atoms with Crippen LogP contribution in [-0.4, -0.2) is 31.9 Å². The monoisotopic (exact) mass is 424 g/mol. The van der Waals surface area contributed by atoms with Gasteiger partial charge in [0.2, 0.25) is 0 Å². The Labute approximate surface area is 182 Å². The van der Waals surface area contributed by atoms with E-state index in [0.29, 0.717) is 35.3 Å². The van der Waals surface area contributed by atoms with Crippen molar-refractivity contribution in [1.29, 1.82) is 0 Å². The van der Waals surface area contributed by atoms with Crippen molar-refractivity contribution >= 4 is 22.7 Å². The van der Waals surface area contributed by atoms with Crippen LogP contribution in [0.2, 0.25) is 0 Å². The average molecular weight is 424 g/mol. The third-order valence-corrected chi connectivity index (χ3v) is 4.77. The van der Waals surface area contributed by atoms with Crippen LogP contribution in [0, 0.1) is 0 Å². The molecule has 0 aliphatic carbocycles. The fraction of sp³-hybridized carbons (Fsp3) is 0.333. The Morgan fingerprint density at radius 3 is 2.39 bits per heavy atom. The lowest BCUT2D eigenvalue weighted by Gasteiger charge is -2.12. The number of fused-ring (bicyclic) bond motifs is 1. The molecule has 1 amide bonds. The minimum absolute atomic E-state index is 0.427. The van der Waals surface area contributed by atoms with Crippen LogP contribution in [0.25, 0.3) is 10.9 Å². The number of unbranched alkanes of at least 4 members (excludes halogenated alkanes) is 3. The zero-order chi connectivity index (χ0) is 22.1. The number of pyridine rings is 1. The van der Waals surface area contributed by atoms with Gasteiger partial charge in [0.15, 0.2) is 11.5 Å². The van der Waals surface area contributed by atoms with Gasteiger partial charge in [-0.25, -0.2) is 4.79 Å². The number of anilines is 1. The number of hydrogen-bond donors (Lipinski definition) is 1. The molecule has 0 spiro atoms. The second-order valence-corrected chi connectivity index (χ2v) is 6.98. The standard InChI is InChI=1S/C24H28N2O5/c1-4-5-6-7-14-30-24(27)26-17-8-10-18(11-9-17)31-21-12-13-25-20-16-23(29-3)22(28-2)15-19(20)21/h8-13,15-16H,4-7,14H2,1-3H3,(H,26,27). The van der Waals surface area contributed by atoms with E-state index in [1.165, 1.54) is 0 Å². The van der Waals surface area contributed by atoms with Crippen LogP contribution in [0.4, 0.5) is 10.5 Å². The van der Waals surface area contributed by atoms with Crippen molar-refractivity contribution in [3.63, 3.8) is 0 Å². The fourth-order valence-electron chi connectivity index (χ4n) is 3.12. The summed E-state index contributed by atoms with van der Waals surface area (Å²) in [6.45, 7) is 2.57. The van der Waals surface area contributed by atoms with Gasteiger partial charge in [-0.2, -0.15) is 0 Å². The van der Waals surface area contributed by atoms with Gasteiger partial charge in [-0.05, 0) is 42.8 Å². The summed E-state index contributed by atoms with van der Waals surface area (Å²) in [7, 11) is 3.17. The Balaban J connectivity index is 1.64. The summed E-state index contributed by atoms with van der Waals surface area (Å²) in [6, 6.07) is 12.5. The lowest BCUT2D eigenvalue weighted by molar-refractivity contribution is 0.159. The van der Waals surface area contributed by atoms with E-state index in [9.17, 15) is 4.79 Å². The number of nitrogens with zero attached hydrogens (tertiary/aromatic N) is 1. The van der Waals surface area contributed by atoms with Crippen LogP contribution >= 0.6 is 0 Å². The molecule has 1 N–H and O–H groups in total. The molecule has 7 nitrogen and oxygen atoms in total. The molecule has 0 saturated carbocycles. The van der Waals surface area contributed by atoms with Crippen LogP contribution in [0.1, 0.15) is 32.6 Å². The number of carbonyl (C=O) groups excluding carboxylic acids is 1. The molecule has 3 rings (SSSR count). The SMILES string of the molecule is CCCCCCOC(=O)Nc1ccc(Oc2ccnc3cc(OC)c(OC)cc23)cc1. The third kappa shape index (κ3) is 6.01. The van der Waals surface area contributed by atoms with E-state index in [0.717, 1.165) is 36.6 Å². The van der Waals surface area contributed by atoms with Crippen LogP contribution in [0.5, 0.6) is 23.0 Å². The predicted molar refractivity (Wildman–Crippen MR) is 120 cm³/mol. The van der Waals surface area contributed by atoms with Gasteiger partial charge < -0.3 is 18.9 Å². The number of amides is 1. The lowest BCUT2D eigenvalue weighted by Crippen LogP contribution is -2.14. The van der Waals surface area contributed by atoms with Gasteiger partial charge in [0.1, 0.15) is 11.5 Å². The zero-order valence-corrected chi connectivity index (χ0v) is 18.1. The highest BCUT2D eigenvalue weighted by atomic mass is 16.5. The smallest absolute Gasteiger partial charge is 0.411 e. The van der Waals surface area contributed by atoms with Crippen molar-refractivity contribution in [1.82, 2.24) is 4.98 Å². The van der Waals surface area contributed by atoms with Gasteiger partial charge in [-0.1, -0.05) is 26.2 Å². The van der Waals surface area contributed by atoms with Gasteiger partial charge in [-0.3, -0.25) is 10.3 Å². The molecule has 2 aromatic carbocycles. The van der Waals surface area contributed by atoms with Crippen LogP contribution in [0.3, 0.4) is 0 Å². The summed E-state index contributed by atoms with van der Waals surface area (Å²) in [6.07, 6.45) is 5.47. The summed E-state index contributed by atoms with van der Waals surface area (Å²) in [5, 5.41) is 3.52. The predicted octanol–water partition coefficient (Wildman–Crippen LogP) is 6.17. The molecule has 0 fully saturated rings. The van der Waals surface area contributed by atoms with Gasteiger partial charge in [0, 0.05) is 23.3 Å².